The van der Waals surface area contributed by atoms with Crippen molar-refractivity contribution in [3.05, 3.63) is 54.6 Å². The highest BCUT2D eigenvalue weighted by atomic mass is 16.5. The molecule has 0 heterocycles. The Kier molecular flexibility index (Phi) is 3.68. The van der Waals surface area contributed by atoms with Crippen molar-refractivity contribution in [2.24, 2.45) is 0 Å². The van der Waals surface area contributed by atoms with Crippen molar-refractivity contribution in [2.45, 2.75) is 0 Å². The third kappa shape index (κ3) is 2.09. The standard InChI is InChI=1S/C16H16O2/c1-4-12-8-5-6-9-13(12)14-10-7-11-15(17-2)16(14)18-3/h4-11H,1H2,2-3H3. The van der Waals surface area contributed by atoms with Gasteiger partial charge in [-0.25, -0.2) is 0 Å². The van der Waals surface area contributed by atoms with E-state index in [1.165, 1.54) is 0 Å². The van der Waals surface area contributed by atoms with Crippen LogP contribution in [0.1, 0.15) is 5.56 Å². The molecule has 0 unspecified atom stereocenters. The Bertz CT molecular complexity index is 559. The van der Waals surface area contributed by atoms with Gasteiger partial charge in [0.25, 0.3) is 0 Å². The number of hydrogen-bond acceptors (Lipinski definition) is 2. The first kappa shape index (κ1) is 12.2. The van der Waals surface area contributed by atoms with Gasteiger partial charge in [0.15, 0.2) is 11.5 Å². The van der Waals surface area contributed by atoms with Gasteiger partial charge in [-0.2, -0.15) is 0 Å². The molecule has 0 radical (unpaired) electrons. The molecule has 2 heteroatoms. The summed E-state index contributed by atoms with van der Waals surface area (Å²) in [7, 11) is 3.29. The molecule has 0 spiro atoms. The molecule has 0 saturated carbocycles. The molecule has 0 aliphatic carbocycles. The highest BCUT2D eigenvalue weighted by molar-refractivity contribution is 5.80. The van der Waals surface area contributed by atoms with Crippen LogP contribution < -0.4 is 9.47 Å². The normalized spacial score (nSPS) is 9.89. The molecule has 2 nitrogen and oxygen atoms in total. The van der Waals surface area contributed by atoms with E-state index in [4.69, 9.17) is 9.47 Å². The smallest absolute Gasteiger partial charge is 0.168 e. The van der Waals surface area contributed by atoms with Crippen LogP contribution in [0.2, 0.25) is 0 Å². The van der Waals surface area contributed by atoms with E-state index in [1.807, 2.05) is 48.5 Å². The average molecular weight is 240 g/mol. The minimum Gasteiger partial charge on any atom is -0.493 e. The lowest BCUT2D eigenvalue weighted by Gasteiger charge is -2.14. The Morgan fingerprint density at radius 3 is 2.28 bits per heavy atom. The zero-order valence-electron chi connectivity index (χ0n) is 10.6. The minimum absolute atomic E-state index is 0.730. The summed E-state index contributed by atoms with van der Waals surface area (Å²) in [6.07, 6.45) is 1.84. The van der Waals surface area contributed by atoms with Gasteiger partial charge in [0, 0.05) is 5.56 Å². The zero-order valence-corrected chi connectivity index (χ0v) is 10.6. The van der Waals surface area contributed by atoms with Gasteiger partial charge in [-0.3, -0.25) is 0 Å². The largest absolute Gasteiger partial charge is 0.493 e. The maximum absolute atomic E-state index is 5.46. The van der Waals surface area contributed by atoms with Crippen molar-refractivity contribution in [2.75, 3.05) is 14.2 Å². The fourth-order valence-electron chi connectivity index (χ4n) is 2.02. The Hall–Kier alpha value is -2.22. The van der Waals surface area contributed by atoms with Crippen LogP contribution in [0.25, 0.3) is 17.2 Å². The van der Waals surface area contributed by atoms with Crippen LogP contribution in [0.3, 0.4) is 0 Å². The van der Waals surface area contributed by atoms with Crippen LogP contribution in [0.15, 0.2) is 49.0 Å². The van der Waals surface area contributed by atoms with Crippen molar-refractivity contribution in [3.63, 3.8) is 0 Å². The molecular weight excluding hydrogens is 224 g/mol. The van der Waals surface area contributed by atoms with Crippen LogP contribution in [0, 0.1) is 0 Å². The number of methoxy groups -OCH3 is 2. The molecule has 0 aliphatic heterocycles. The van der Waals surface area contributed by atoms with Gasteiger partial charge < -0.3 is 9.47 Å². The molecule has 0 aromatic heterocycles. The third-order valence-electron chi connectivity index (χ3n) is 2.87. The van der Waals surface area contributed by atoms with Crippen LogP contribution >= 0.6 is 0 Å². The lowest BCUT2D eigenvalue weighted by molar-refractivity contribution is 0.356. The molecule has 92 valence electrons. The number of ether oxygens (including phenoxy) is 2. The van der Waals surface area contributed by atoms with Crippen molar-refractivity contribution < 1.29 is 9.47 Å². The number of hydrogen-bond donors (Lipinski definition) is 0. The summed E-state index contributed by atoms with van der Waals surface area (Å²) in [5, 5.41) is 0. The van der Waals surface area contributed by atoms with Crippen molar-refractivity contribution in [1.29, 1.82) is 0 Å². The van der Waals surface area contributed by atoms with Crippen LogP contribution in [-0.2, 0) is 0 Å². The van der Waals surface area contributed by atoms with E-state index in [0.29, 0.717) is 0 Å². The van der Waals surface area contributed by atoms with Gasteiger partial charge >= 0.3 is 0 Å². The molecule has 0 saturated heterocycles. The second-order valence-corrected chi connectivity index (χ2v) is 3.83. The Morgan fingerprint density at radius 1 is 0.889 bits per heavy atom. The summed E-state index contributed by atoms with van der Waals surface area (Å²) >= 11 is 0. The molecule has 0 fully saturated rings. The van der Waals surface area contributed by atoms with Gasteiger partial charge in [-0.05, 0) is 17.2 Å². The minimum atomic E-state index is 0.730. The maximum Gasteiger partial charge on any atom is 0.168 e. The third-order valence-corrected chi connectivity index (χ3v) is 2.87. The maximum atomic E-state index is 5.46. The fourth-order valence-corrected chi connectivity index (χ4v) is 2.02. The monoisotopic (exact) mass is 240 g/mol. The summed E-state index contributed by atoms with van der Waals surface area (Å²) < 4.78 is 10.8. The van der Waals surface area contributed by atoms with E-state index >= 15 is 0 Å². The van der Waals surface area contributed by atoms with E-state index < -0.39 is 0 Å². The molecule has 0 atom stereocenters. The van der Waals surface area contributed by atoms with E-state index in [9.17, 15) is 0 Å². The average Bonchev–Trinajstić information content (AvgIpc) is 2.46. The SMILES string of the molecule is C=Cc1ccccc1-c1cccc(OC)c1OC. The quantitative estimate of drug-likeness (QED) is 0.803. The number of rotatable bonds is 4. The summed E-state index contributed by atoms with van der Waals surface area (Å²) in [5.41, 5.74) is 3.17. The predicted octanol–water partition coefficient (Wildman–Crippen LogP) is 4.01. The molecule has 0 bridgehead atoms. The highest BCUT2D eigenvalue weighted by Gasteiger charge is 2.12. The van der Waals surface area contributed by atoms with Gasteiger partial charge in [-0.15, -0.1) is 0 Å². The summed E-state index contributed by atoms with van der Waals surface area (Å²) in [4.78, 5) is 0. The predicted molar refractivity (Wildman–Crippen MR) is 75.1 cm³/mol. The number of benzene rings is 2. The molecule has 2 aromatic carbocycles. The molecule has 0 amide bonds. The molecule has 0 N–H and O–H groups in total. The Labute approximate surface area is 107 Å². The first-order valence-corrected chi connectivity index (χ1v) is 5.74. The highest BCUT2D eigenvalue weighted by Crippen LogP contribution is 2.39. The summed E-state index contributed by atoms with van der Waals surface area (Å²) in [5.74, 6) is 1.48. The van der Waals surface area contributed by atoms with Gasteiger partial charge in [0.1, 0.15) is 0 Å². The van der Waals surface area contributed by atoms with Gasteiger partial charge in [-0.1, -0.05) is 49.1 Å². The van der Waals surface area contributed by atoms with E-state index in [0.717, 1.165) is 28.2 Å². The molecule has 0 aliphatic rings. The van der Waals surface area contributed by atoms with E-state index in [1.54, 1.807) is 14.2 Å². The molecule has 18 heavy (non-hydrogen) atoms. The lowest BCUT2D eigenvalue weighted by Crippen LogP contribution is -1.94. The summed E-state index contributed by atoms with van der Waals surface area (Å²) in [6.45, 7) is 3.84. The van der Waals surface area contributed by atoms with Crippen molar-refractivity contribution in [3.8, 4) is 22.6 Å². The van der Waals surface area contributed by atoms with Crippen LogP contribution in [0.4, 0.5) is 0 Å². The van der Waals surface area contributed by atoms with Gasteiger partial charge in [0.2, 0.25) is 0 Å². The summed E-state index contributed by atoms with van der Waals surface area (Å²) in [6, 6.07) is 13.9. The zero-order chi connectivity index (χ0) is 13.0. The number of para-hydroxylation sites is 1. The Balaban J connectivity index is 2.67. The molecule has 2 rings (SSSR count). The lowest BCUT2D eigenvalue weighted by atomic mass is 9.98. The fraction of sp³-hybridized carbons (Fsp3) is 0.125. The second-order valence-electron chi connectivity index (χ2n) is 3.83. The molecular formula is C16H16O2. The van der Waals surface area contributed by atoms with E-state index in [-0.39, 0.29) is 0 Å². The van der Waals surface area contributed by atoms with Crippen molar-refractivity contribution in [1.82, 2.24) is 0 Å². The van der Waals surface area contributed by atoms with Crippen LogP contribution in [-0.4, -0.2) is 14.2 Å². The van der Waals surface area contributed by atoms with Gasteiger partial charge in [0.05, 0.1) is 14.2 Å². The van der Waals surface area contributed by atoms with Crippen LogP contribution in [0.5, 0.6) is 11.5 Å². The topological polar surface area (TPSA) is 18.5 Å². The van der Waals surface area contributed by atoms with Crippen molar-refractivity contribution >= 4 is 6.08 Å². The second kappa shape index (κ2) is 5.41. The first-order chi connectivity index (χ1) is 8.81. The Morgan fingerprint density at radius 2 is 1.61 bits per heavy atom. The van der Waals surface area contributed by atoms with E-state index in [2.05, 4.69) is 6.58 Å². The molecule has 2 aromatic rings. The first-order valence-electron chi connectivity index (χ1n) is 5.74.